The fourth-order valence-corrected chi connectivity index (χ4v) is 4.63. The van der Waals surface area contributed by atoms with Gasteiger partial charge in [-0.3, -0.25) is 0 Å². The average Bonchev–Trinajstić information content (AvgIpc) is 2.90. The van der Waals surface area contributed by atoms with E-state index >= 15 is 0 Å². The van der Waals surface area contributed by atoms with Crippen LogP contribution in [-0.2, 0) is 32.9 Å². The molecule has 0 unspecified atom stereocenters. The summed E-state index contributed by atoms with van der Waals surface area (Å²) in [4.78, 5) is 0. The van der Waals surface area contributed by atoms with E-state index in [9.17, 15) is 0 Å². The molecular weight excluding hydrogens is 743 g/mol. The zero-order valence-corrected chi connectivity index (χ0v) is 21.8. The van der Waals surface area contributed by atoms with Gasteiger partial charge in [-0.05, 0) is 12.8 Å². The topological polar surface area (TPSA) is 13.1 Å². The van der Waals surface area contributed by atoms with Crippen molar-refractivity contribution in [2.24, 2.45) is 7.05 Å². The summed E-state index contributed by atoms with van der Waals surface area (Å²) in [5, 5.41) is 0. The van der Waals surface area contributed by atoms with Crippen molar-refractivity contribution < 1.29 is 19.4 Å². The second-order valence-electron chi connectivity index (χ2n) is 6.65. The Balaban J connectivity index is 0.000000253. The van der Waals surface area contributed by atoms with Crippen molar-refractivity contribution in [2.75, 3.05) is 0 Å². The molecule has 1 fully saturated rings. The van der Waals surface area contributed by atoms with E-state index in [-0.39, 0.29) is 0 Å². The van der Waals surface area contributed by atoms with Crippen LogP contribution in [0.1, 0.15) is 24.8 Å². The molecule has 0 atom stereocenters. The molecule has 3 nitrogen and oxygen atoms in total. The van der Waals surface area contributed by atoms with E-state index in [1.807, 2.05) is 0 Å². The number of hydrogen-bond donors (Lipinski definition) is 0. The van der Waals surface area contributed by atoms with Crippen LogP contribution in [-0.4, -0.2) is 16.5 Å². The zero-order chi connectivity index (χ0) is 19.2. The average molecular weight is 766 g/mol. The SMILES string of the molecule is Cn1cc(-c2ccccc2)n(Cc2ccccc2)[c]1=[Pt].IN(I)C1CCC1. The largest absolute Gasteiger partial charge is 0.185 e. The Labute approximate surface area is 200 Å². The van der Waals surface area contributed by atoms with Crippen molar-refractivity contribution in [1.29, 1.82) is 0 Å². The van der Waals surface area contributed by atoms with Crippen LogP contribution in [0.25, 0.3) is 11.3 Å². The molecule has 27 heavy (non-hydrogen) atoms. The fraction of sp³-hybridized carbons (Fsp3) is 0.286. The van der Waals surface area contributed by atoms with Crippen LogP contribution >= 0.6 is 45.7 Å². The third kappa shape index (κ3) is 5.87. The van der Waals surface area contributed by atoms with Crippen molar-refractivity contribution in [3.05, 3.63) is 76.2 Å². The Kier molecular flexibility index (Phi) is 8.36. The van der Waals surface area contributed by atoms with Gasteiger partial charge < -0.3 is 0 Å². The molecule has 0 spiro atoms. The van der Waals surface area contributed by atoms with Gasteiger partial charge in [0.2, 0.25) is 0 Å². The monoisotopic (exact) mass is 766 g/mol. The van der Waals surface area contributed by atoms with Crippen LogP contribution in [0, 0.1) is 3.80 Å². The molecular formula is C21H23I2N3Pt. The second kappa shape index (κ2) is 10.5. The molecule has 2 aromatic carbocycles. The number of hydrogen-bond acceptors (Lipinski definition) is 1. The number of aryl methyl sites for hydroxylation is 1. The summed E-state index contributed by atoms with van der Waals surface area (Å²) in [5.74, 6) is 0. The maximum absolute atomic E-state index is 2.39. The molecule has 1 saturated carbocycles. The van der Waals surface area contributed by atoms with Gasteiger partial charge in [-0.2, -0.15) is 1.33 Å². The Hall–Kier alpha value is -0.242. The molecule has 0 aliphatic heterocycles. The molecule has 0 saturated heterocycles. The molecule has 1 aliphatic rings. The first-order valence-electron chi connectivity index (χ1n) is 8.98. The Morgan fingerprint density at radius 1 is 1.00 bits per heavy atom. The molecule has 1 aliphatic carbocycles. The first-order chi connectivity index (χ1) is 13.1. The molecule has 0 bridgehead atoms. The normalized spacial score (nSPS) is 13.9. The Bertz CT molecular complexity index is 900. The van der Waals surface area contributed by atoms with Gasteiger partial charge >= 0.3 is 130 Å². The molecule has 146 valence electrons. The molecule has 3 aromatic rings. The molecule has 0 amide bonds. The molecule has 1 heterocycles. The van der Waals surface area contributed by atoms with Crippen LogP contribution in [0.5, 0.6) is 0 Å². The first kappa shape index (κ1) is 21.5. The van der Waals surface area contributed by atoms with Gasteiger partial charge in [0.1, 0.15) is 0 Å². The third-order valence-corrected chi connectivity index (χ3v) is 7.68. The molecule has 6 heteroatoms. The predicted molar refractivity (Wildman–Crippen MR) is 125 cm³/mol. The second-order valence-corrected chi connectivity index (χ2v) is 11.6. The van der Waals surface area contributed by atoms with E-state index in [2.05, 4.69) is 149 Å². The zero-order valence-electron chi connectivity index (χ0n) is 15.2. The van der Waals surface area contributed by atoms with Gasteiger partial charge in [0.15, 0.2) is 0 Å². The van der Waals surface area contributed by atoms with Crippen molar-refractivity contribution >= 4 is 45.7 Å². The van der Waals surface area contributed by atoms with E-state index in [0.29, 0.717) is 0 Å². The minimum absolute atomic E-state index is 0.890. The number of rotatable bonds is 4. The molecule has 0 radical (unpaired) electrons. The van der Waals surface area contributed by atoms with Crippen LogP contribution < -0.4 is 0 Å². The van der Waals surface area contributed by atoms with Gasteiger partial charge in [-0.1, -0.05) is 6.42 Å². The number of halogens is 2. The van der Waals surface area contributed by atoms with Crippen molar-refractivity contribution in [3.8, 4) is 11.3 Å². The van der Waals surface area contributed by atoms with Crippen molar-refractivity contribution in [3.63, 3.8) is 0 Å². The van der Waals surface area contributed by atoms with E-state index in [1.54, 1.807) is 0 Å². The minimum Gasteiger partial charge on any atom is -0.185 e. The summed E-state index contributed by atoms with van der Waals surface area (Å²) in [6.07, 6.45) is 6.45. The van der Waals surface area contributed by atoms with Gasteiger partial charge in [0.25, 0.3) is 0 Å². The minimum atomic E-state index is 0.890. The molecule has 1 aromatic heterocycles. The summed E-state index contributed by atoms with van der Waals surface area (Å²) < 4.78 is 8.01. The summed E-state index contributed by atoms with van der Waals surface area (Å²) in [6.45, 7) is 0.894. The number of benzene rings is 2. The van der Waals surface area contributed by atoms with Crippen LogP contribution in [0.2, 0.25) is 0 Å². The third-order valence-electron chi connectivity index (χ3n) is 4.69. The maximum atomic E-state index is 2.39. The standard InChI is InChI=1S/C17H16N2.C4H7I2N.Pt/c1-18-13-17(16-10-6-3-7-11-16)19(14-18)12-15-8-4-2-5-9-15;5-7(6)4-2-1-3-4;/h2-11,13H,12H2,1H3;4H,1-3H2;. The van der Waals surface area contributed by atoms with Crippen LogP contribution in [0.4, 0.5) is 0 Å². The quantitative estimate of drug-likeness (QED) is 0.229. The van der Waals surface area contributed by atoms with Gasteiger partial charge in [-0.15, -0.1) is 0 Å². The molecule has 4 rings (SSSR count). The van der Waals surface area contributed by atoms with E-state index in [0.717, 1.165) is 12.6 Å². The van der Waals surface area contributed by atoms with E-state index in [4.69, 9.17) is 0 Å². The van der Waals surface area contributed by atoms with Gasteiger partial charge in [0, 0.05) is 51.8 Å². The van der Waals surface area contributed by atoms with Crippen molar-refractivity contribution in [1.82, 2.24) is 10.5 Å². The summed E-state index contributed by atoms with van der Waals surface area (Å²) >= 11 is 7.07. The van der Waals surface area contributed by atoms with Gasteiger partial charge in [-0.25, -0.2) is 0 Å². The van der Waals surface area contributed by atoms with Crippen molar-refractivity contribution in [2.45, 2.75) is 31.8 Å². The Morgan fingerprint density at radius 2 is 1.59 bits per heavy atom. The van der Waals surface area contributed by atoms with Crippen LogP contribution in [0.15, 0.2) is 66.9 Å². The van der Waals surface area contributed by atoms with E-state index < -0.39 is 0 Å². The number of nitrogens with zero attached hydrogens (tertiary/aromatic N) is 3. The number of imidazole rings is 1. The van der Waals surface area contributed by atoms with Crippen LogP contribution in [0.3, 0.4) is 0 Å². The summed E-state index contributed by atoms with van der Waals surface area (Å²) in [5.41, 5.74) is 3.82. The smallest absolute Gasteiger partial charge is 0.0311 e. The molecule has 0 N–H and O–H groups in total. The first-order valence-corrected chi connectivity index (χ1v) is 12.0. The van der Waals surface area contributed by atoms with E-state index in [1.165, 1.54) is 39.9 Å². The predicted octanol–water partition coefficient (Wildman–Crippen LogP) is 6.16. The Morgan fingerprint density at radius 3 is 2.07 bits per heavy atom. The summed E-state index contributed by atoms with van der Waals surface area (Å²) in [7, 11) is 2.09. The summed E-state index contributed by atoms with van der Waals surface area (Å²) in [6, 6.07) is 22.0. The maximum Gasteiger partial charge on any atom is 0.0311 e. The number of aromatic nitrogens is 2. The van der Waals surface area contributed by atoms with Gasteiger partial charge in [0.05, 0.1) is 0 Å². The fourth-order valence-electron chi connectivity index (χ4n) is 2.92.